The molecule has 0 aliphatic heterocycles. The van der Waals surface area contributed by atoms with Gasteiger partial charge >= 0.3 is 12.1 Å². The Morgan fingerprint density at radius 3 is 2.33 bits per heavy atom. The van der Waals surface area contributed by atoms with Crippen LogP contribution in [0.5, 0.6) is 0 Å². The van der Waals surface area contributed by atoms with Gasteiger partial charge in [-0.2, -0.15) is 13.2 Å². The van der Waals surface area contributed by atoms with Crippen molar-refractivity contribution in [2.75, 3.05) is 0 Å². The van der Waals surface area contributed by atoms with Crippen molar-refractivity contribution in [2.24, 2.45) is 0 Å². The summed E-state index contributed by atoms with van der Waals surface area (Å²) >= 11 is 6.22. The summed E-state index contributed by atoms with van der Waals surface area (Å²) in [7, 11) is 0. The van der Waals surface area contributed by atoms with Gasteiger partial charge in [0.25, 0.3) is 0 Å². The molecule has 0 heterocycles. The summed E-state index contributed by atoms with van der Waals surface area (Å²) in [6.45, 7) is 0. The summed E-state index contributed by atoms with van der Waals surface area (Å²) in [5.74, 6) is -1.37. The van der Waals surface area contributed by atoms with Crippen molar-refractivity contribution in [3.05, 3.63) is 34.9 Å². The Morgan fingerprint density at radius 1 is 1.33 bits per heavy atom. The summed E-state index contributed by atoms with van der Waals surface area (Å²) in [5.41, 5.74) is 0.670. The van der Waals surface area contributed by atoms with Crippen LogP contribution in [0.4, 0.5) is 13.2 Å². The standard InChI is InChI=1S/C11H10ClF3O2S/c12-8-3-1-7(2-4-8)6-18-9(5-10(16)17)11(13,14)15/h1-4,9H,5-6H2,(H,16,17). The van der Waals surface area contributed by atoms with Crippen LogP contribution >= 0.6 is 23.4 Å². The number of carboxylic acid groups (broad SMARTS) is 1. The number of carboxylic acids is 1. The lowest BCUT2D eigenvalue weighted by Gasteiger charge is -2.17. The van der Waals surface area contributed by atoms with E-state index in [1.807, 2.05) is 0 Å². The molecule has 0 fully saturated rings. The molecule has 0 aliphatic rings. The predicted octanol–water partition coefficient (Wildman–Crippen LogP) is 3.98. The zero-order valence-corrected chi connectivity index (χ0v) is 10.6. The van der Waals surface area contributed by atoms with Crippen molar-refractivity contribution in [1.29, 1.82) is 0 Å². The number of hydrogen-bond acceptors (Lipinski definition) is 2. The molecule has 1 aromatic rings. The molecule has 0 aromatic heterocycles. The molecular formula is C11H10ClF3O2S. The van der Waals surface area contributed by atoms with Gasteiger partial charge in [0, 0.05) is 10.8 Å². The van der Waals surface area contributed by atoms with Crippen LogP contribution in [0.1, 0.15) is 12.0 Å². The first kappa shape index (κ1) is 15.2. The van der Waals surface area contributed by atoms with E-state index in [-0.39, 0.29) is 5.75 Å². The van der Waals surface area contributed by atoms with E-state index in [2.05, 4.69) is 0 Å². The van der Waals surface area contributed by atoms with E-state index in [0.29, 0.717) is 22.3 Å². The smallest absolute Gasteiger partial charge is 0.401 e. The van der Waals surface area contributed by atoms with E-state index >= 15 is 0 Å². The molecule has 7 heteroatoms. The molecule has 1 N–H and O–H groups in total. The van der Waals surface area contributed by atoms with E-state index in [9.17, 15) is 18.0 Å². The lowest BCUT2D eigenvalue weighted by Crippen LogP contribution is -2.28. The summed E-state index contributed by atoms with van der Waals surface area (Å²) in [6, 6.07) is 6.39. The molecule has 0 saturated heterocycles. The Labute approximate surface area is 111 Å². The highest BCUT2D eigenvalue weighted by Crippen LogP contribution is 2.34. The van der Waals surface area contributed by atoms with Crippen LogP contribution in [-0.2, 0) is 10.5 Å². The maximum atomic E-state index is 12.5. The Balaban J connectivity index is 2.62. The maximum Gasteiger partial charge on any atom is 0.401 e. The molecule has 18 heavy (non-hydrogen) atoms. The fourth-order valence-corrected chi connectivity index (χ4v) is 2.37. The minimum absolute atomic E-state index is 0.0919. The quantitative estimate of drug-likeness (QED) is 0.893. The van der Waals surface area contributed by atoms with Crippen LogP contribution in [-0.4, -0.2) is 22.5 Å². The van der Waals surface area contributed by atoms with Gasteiger partial charge in [-0.3, -0.25) is 4.79 Å². The number of carbonyl (C=O) groups is 1. The van der Waals surface area contributed by atoms with Crippen LogP contribution in [0.3, 0.4) is 0 Å². The normalized spacial score (nSPS) is 13.3. The van der Waals surface area contributed by atoms with Gasteiger partial charge in [0.05, 0.1) is 6.42 Å². The van der Waals surface area contributed by atoms with Gasteiger partial charge in [0.15, 0.2) is 0 Å². The molecule has 0 saturated carbocycles. The molecule has 2 nitrogen and oxygen atoms in total. The first-order valence-electron chi connectivity index (χ1n) is 4.93. The van der Waals surface area contributed by atoms with Crippen LogP contribution in [0.2, 0.25) is 5.02 Å². The average Bonchev–Trinajstić information content (AvgIpc) is 2.24. The summed E-state index contributed by atoms with van der Waals surface area (Å²) in [5, 5.41) is 7.05. The maximum absolute atomic E-state index is 12.5. The van der Waals surface area contributed by atoms with Gasteiger partial charge in [0.1, 0.15) is 5.25 Å². The van der Waals surface area contributed by atoms with Crippen molar-refractivity contribution in [2.45, 2.75) is 23.6 Å². The van der Waals surface area contributed by atoms with Crippen LogP contribution in [0.15, 0.2) is 24.3 Å². The van der Waals surface area contributed by atoms with Gasteiger partial charge < -0.3 is 5.11 Å². The zero-order chi connectivity index (χ0) is 13.8. The fourth-order valence-electron chi connectivity index (χ4n) is 1.21. The molecule has 1 atom stereocenters. The second-order valence-electron chi connectivity index (χ2n) is 3.57. The number of alkyl halides is 3. The summed E-state index contributed by atoms with van der Waals surface area (Å²) < 4.78 is 37.6. The van der Waals surface area contributed by atoms with E-state index < -0.39 is 23.8 Å². The van der Waals surface area contributed by atoms with Gasteiger partial charge in [-0.05, 0) is 17.7 Å². The third-order valence-corrected chi connectivity index (χ3v) is 3.68. The highest BCUT2D eigenvalue weighted by Gasteiger charge is 2.41. The number of rotatable bonds is 5. The molecule has 1 unspecified atom stereocenters. The molecule has 0 bridgehead atoms. The SMILES string of the molecule is O=C(O)CC(SCc1ccc(Cl)cc1)C(F)(F)F. The first-order chi connectivity index (χ1) is 8.29. The second-order valence-corrected chi connectivity index (χ2v) is 5.19. The predicted molar refractivity (Wildman–Crippen MR) is 64.8 cm³/mol. The van der Waals surface area contributed by atoms with Gasteiger partial charge in [-0.15, -0.1) is 11.8 Å². The molecular weight excluding hydrogens is 289 g/mol. The largest absolute Gasteiger partial charge is 0.481 e. The molecule has 1 rings (SSSR count). The van der Waals surface area contributed by atoms with Gasteiger partial charge in [0.2, 0.25) is 0 Å². The van der Waals surface area contributed by atoms with Crippen molar-refractivity contribution in [1.82, 2.24) is 0 Å². The van der Waals surface area contributed by atoms with Gasteiger partial charge in [-0.1, -0.05) is 23.7 Å². The monoisotopic (exact) mass is 298 g/mol. The second kappa shape index (κ2) is 6.33. The molecule has 0 aliphatic carbocycles. The summed E-state index contributed by atoms with van der Waals surface area (Å²) in [4.78, 5) is 10.4. The van der Waals surface area contributed by atoms with Crippen molar-refractivity contribution >= 4 is 29.3 Å². The third-order valence-electron chi connectivity index (χ3n) is 2.09. The number of thioether (sulfide) groups is 1. The lowest BCUT2D eigenvalue weighted by atomic mass is 10.2. The first-order valence-corrected chi connectivity index (χ1v) is 6.36. The Kier molecular flexibility index (Phi) is 5.34. The lowest BCUT2D eigenvalue weighted by molar-refractivity contribution is -0.149. The Hall–Kier alpha value is -0.880. The van der Waals surface area contributed by atoms with Crippen molar-refractivity contribution in [3.8, 4) is 0 Å². The van der Waals surface area contributed by atoms with Crippen LogP contribution in [0, 0.1) is 0 Å². The van der Waals surface area contributed by atoms with E-state index in [0.717, 1.165) is 0 Å². The Bertz CT molecular complexity index is 406. The van der Waals surface area contributed by atoms with Crippen LogP contribution < -0.4 is 0 Å². The minimum atomic E-state index is -4.52. The topological polar surface area (TPSA) is 37.3 Å². The van der Waals surface area contributed by atoms with E-state index in [1.165, 1.54) is 0 Å². The van der Waals surface area contributed by atoms with Crippen molar-refractivity contribution in [3.63, 3.8) is 0 Å². The average molecular weight is 299 g/mol. The number of benzene rings is 1. The molecule has 1 aromatic carbocycles. The molecule has 0 spiro atoms. The molecule has 100 valence electrons. The minimum Gasteiger partial charge on any atom is -0.481 e. The summed E-state index contributed by atoms with van der Waals surface area (Å²) in [6.07, 6.45) is -5.45. The van der Waals surface area contributed by atoms with Crippen LogP contribution in [0.25, 0.3) is 0 Å². The highest BCUT2D eigenvalue weighted by molar-refractivity contribution is 7.99. The number of hydrogen-bond donors (Lipinski definition) is 1. The molecule has 0 radical (unpaired) electrons. The third kappa shape index (κ3) is 5.18. The van der Waals surface area contributed by atoms with Crippen molar-refractivity contribution < 1.29 is 23.1 Å². The Morgan fingerprint density at radius 2 is 1.89 bits per heavy atom. The molecule has 0 amide bonds. The number of aliphatic carboxylic acids is 1. The number of halogens is 4. The zero-order valence-electron chi connectivity index (χ0n) is 9.08. The van der Waals surface area contributed by atoms with E-state index in [1.54, 1.807) is 24.3 Å². The highest BCUT2D eigenvalue weighted by atomic mass is 35.5. The fraction of sp³-hybridized carbons (Fsp3) is 0.364. The van der Waals surface area contributed by atoms with Gasteiger partial charge in [-0.25, -0.2) is 0 Å². The van der Waals surface area contributed by atoms with E-state index in [4.69, 9.17) is 16.7 Å².